The quantitative estimate of drug-likeness (QED) is 0.793. The molecule has 0 aromatic carbocycles. The molecule has 1 atom stereocenters. The largest absolute Gasteiger partial charge is 0.353 e. The van der Waals surface area contributed by atoms with Gasteiger partial charge in [0, 0.05) is 18.0 Å². The lowest BCUT2D eigenvalue weighted by atomic mass is 10.2. The molecule has 1 amide bonds. The molecular formula is C10H17N3OS. The van der Waals surface area contributed by atoms with Gasteiger partial charge in [0.1, 0.15) is 0 Å². The molecule has 0 aliphatic rings. The van der Waals surface area contributed by atoms with Crippen molar-refractivity contribution in [2.24, 2.45) is 0 Å². The molecular weight excluding hydrogens is 210 g/mol. The summed E-state index contributed by atoms with van der Waals surface area (Å²) in [6.07, 6.45) is 0. The van der Waals surface area contributed by atoms with E-state index in [1.165, 1.54) is 0 Å². The van der Waals surface area contributed by atoms with Gasteiger partial charge in [-0.3, -0.25) is 4.79 Å². The minimum Gasteiger partial charge on any atom is -0.353 e. The maximum Gasteiger partial charge on any atom is 0.237 e. The van der Waals surface area contributed by atoms with Crippen molar-refractivity contribution in [2.45, 2.75) is 39.4 Å². The summed E-state index contributed by atoms with van der Waals surface area (Å²) in [6.45, 7) is 6.39. The average molecular weight is 227 g/mol. The molecule has 4 nitrogen and oxygen atoms in total. The molecule has 0 spiro atoms. The monoisotopic (exact) mass is 227 g/mol. The number of nitrogens with zero attached hydrogens (tertiary/aromatic N) is 1. The predicted octanol–water partition coefficient (Wildman–Crippen LogP) is 1.15. The first-order chi connectivity index (χ1) is 7.09. The third-order valence-corrected chi connectivity index (χ3v) is 2.53. The van der Waals surface area contributed by atoms with Gasteiger partial charge in [0.15, 0.2) is 0 Å². The minimum atomic E-state index is -0.186. The molecule has 0 bridgehead atoms. The molecule has 1 aromatic rings. The van der Waals surface area contributed by atoms with Crippen LogP contribution in [0.1, 0.15) is 26.5 Å². The van der Waals surface area contributed by atoms with Gasteiger partial charge in [0.2, 0.25) is 5.91 Å². The van der Waals surface area contributed by atoms with Crippen LogP contribution in [0.25, 0.3) is 0 Å². The number of rotatable bonds is 5. The van der Waals surface area contributed by atoms with E-state index in [1.54, 1.807) is 16.8 Å². The standard InChI is InChI=1S/C10H17N3OS/c1-7(2)13-10(14)8(3)11-4-9-5-15-6-12-9/h5-8,11H,4H2,1-3H3,(H,13,14). The molecule has 0 aliphatic carbocycles. The summed E-state index contributed by atoms with van der Waals surface area (Å²) in [7, 11) is 0. The Morgan fingerprint density at radius 1 is 1.53 bits per heavy atom. The minimum absolute atomic E-state index is 0.0280. The van der Waals surface area contributed by atoms with Gasteiger partial charge in [0.25, 0.3) is 0 Å². The highest BCUT2D eigenvalue weighted by molar-refractivity contribution is 7.07. The number of hydrogen-bond acceptors (Lipinski definition) is 4. The molecule has 5 heteroatoms. The number of nitrogens with one attached hydrogen (secondary N) is 2. The Bertz CT molecular complexity index is 298. The number of amides is 1. The summed E-state index contributed by atoms with van der Waals surface area (Å²) in [6, 6.07) is -0.00452. The van der Waals surface area contributed by atoms with E-state index in [0.717, 1.165) is 5.69 Å². The van der Waals surface area contributed by atoms with E-state index in [2.05, 4.69) is 15.6 Å². The third kappa shape index (κ3) is 4.40. The third-order valence-electron chi connectivity index (χ3n) is 1.90. The summed E-state index contributed by atoms with van der Waals surface area (Å²) >= 11 is 1.56. The van der Waals surface area contributed by atoms with Gasteiger partial charge in [0.05, 0.1) is 17.2 Å². The summed E-state index contributed by atoms with van der Waals surface area (Å²) in [5.41, 5.74) is 2.76. The fraction of sp³-hybridized carbons (Fsp3) is 0.600. The molecule has 0 saturated heterocycles. The van der Waals surface area contributed by atoms with E-state index in [1.807, 2.05) is 26.2 Å². The number of carbonyl (C=O) groups excluding carboxylic acids is 1. The zero-order valence-corrected chi connectivity index (χ0v) is 10.1. The predicted molar refractivity (Wildman–Crippen MR) is 61.7 cm³/mol. The van der Waals surface area contributed by atoms with Gasteiger partial charge in [-0.2, -0.15) is 0 Å². The van der Waals surface area contributed by atoms with Crippen LogP contribution in [-0.4, -0.2) is 23.0 Å². The van der Waals surface area contributed by atoms with Crippen LogP contribution < -0.4 is 10.6 Å². The summed E-state index contributed by atoms with van der Waals surface area (Å²) in [5.74, 6) is 0.0280. The fourth-order valence-electron chi connectivity index (χ4n) is 1.08. The van der Waals surface area contributed by atoms with Crippen molar-refractivity contribution in [1.29, 1.82) is 0 Å². The van der Waals surface area contributed by atoms with Crippen LogP contribution in [0.2, 0.25) is 0 Å². The molecule has 84 valence electrons. The Hall–Kier alpha value is -0.940. The number of hydrogen-bond donors (Lipinski definition) is 2. The van der Waals surface area contributed by atoms with Gasteiger partial charge in [-0.25, -0.2) is 4.98 Å². The van der Waals surface area contributed by atoms with Gasteiger partial charge >= 0.3 is 0 Å². The van der Waals surface area contributed by atoms with Crippen molar-refractivity contribution in [1.82, 2.24) is 15.6 Å². The van der Waals surface area contributed by atoms with E-state index in [-0.39, 0.29) is 18.0 Å². The molecule has 1 rings (SSSR count). The SMILES string of the molecule is CC(C)NC(=O)C(C)NCc1cscn1. The Morgan fingerprint density at radius 3 is 2.80 bits per heavy atom. The van der Waals surface area contributed by atoms with Crippen molar-refractivity contribution in [3.63, 3.8) is 0 Å². The van der Waals surface area contributed by atoms with Crippen molar-refractivity contribution in [2.75, 3.05) is 0 Å². The molecule has 1 aromatic heterocycles. The highest BCUT2D eigenvalue weighted by Crippen LogP contribution is 2.00. The van der Waals surface area contributed by atoms with Crippen molar-refractivity contribution in [3.8, 4) is 0 Å². The Labute approximate surface area is 94.1 Å². The van der Waals surface area contributed by atoms with Crippen molar-refractivity contribution < 1.29 is 4.79 Å². The lowest BCUT2D eigenvalue weighted by Crippen LogP contribution is -2.44. The Kier molecular flexibility index (Phi) is 4.71. The zero-order valence-electron chi connectivity index (χ0n) is 9.28. The highest BCUT2D eigenvalue weighted by Gasteiger charge is 2.12. The maximum absolute atomic E-state index is 11.5. The number of thiazole rings is 1. The molecule has 0 radical (unpaired) electrons. The van der Waals surface area contributed by atoms with Crippen LogP contribution in [0.5, 0.6) is 0 Å². The maximum atomic E-state index is 11.5. The summed E-state index contributed by atoms with van der Waals surface area (Å²) < 4.78 is 0. The lowest BCUT2D eigenvalue weighted by Gasteiger charge is -2.15. The summed E-state index contributed by atoms with van der Waals surface area (Å²) in [5, 5.41) is 7.95. The number of aromatic nitrogens is 1. The van der Waals surface area contributed by atoms with E-state index in [0.29, 0.717) is 6.54 Å². The lowest BCUT2D eigenvalue weighted by molar-refractivity contribution is -0.123. The highest BCUT2D eigenvalue weighted by atomic mass is 32.1. The first-order valence-electron chi connectivity index (χ1n) is 5.00. The Morgan fingerprint density at radius 2 is 2.27 bits per heavy atom. The van der Waals surface area contributed by atoms with Gasteiger partial charge in [-0.15, -0.1) is 11.3 Å². The molecule has 0 saturated carbocycles. The topological polar surface area (TPSA) is 54.0 Å². The molecule has 1 unspecified atom stereocenters. The normalized spacial score (nSPS) is 12.8. The van der Waals surface area contributed by atoms with Crippen LogP contribution in [-0.2, 0) is 11.3 Å². The fourth-order valence-corrected chi connectivity index (χ4v) is 1.64. The van der Waals surface area contributed by atoms with Crippen LogP contribution in [0.15, 0.2) is 10.9 Å². The van der Waals surface area contributed by atoms with E-state index in [9.17, 15) is 4.79 Å². The first kappa shape index (κ1) is 12.1. The van der Waals surface area contributed by atoms with Gasteiger partial charge in [-0.05, 0) is 20.8 Å². The van der Waals surface area contributed by atoms with E-state index < -0.39 is 0 Å². The van der Waals surface area contributed by atoms with E-state index >= 15 is 0 Å². The van der Waals surface area contributed by atoms with Crippen LogP contribution in [0.3, 0.4) is 0 Å². The first-order valence-corrected chi connectivity index (χ1v) is 5.94. The molecule has 1 heterocycles. The second kappa shape index (κ2) is 5.82. The van der Waals surface area contributed by atoms with Gasteiger partial charge in [-0.1, -0.05) is 0 Å². The zero-order chi connectivity index (χ0) is 11.3. The van der Waals surface area contributed by atoms with E-state index in [4.69, 9.17) is 0 Å². The van der Waals surface area contributed by atoms with Crippen LogP contribution in [0.4, 0.5) is 0 Å². The molecule has 2 N–H and O–H groups in total. The van der Waals surface area contributed by atoms with Crippen LogP contribution in [0, 0.1) is 0 Å². The second-order valence-corrected chi connectivity index (χ2v) is 4.46. The second-order valence-electron chi connectivity index (χ2n) is 3.75. The smallest absolute Gasteiger partial charge is 0.237 e. The van der Waals surface area contributed by atoms with Gasteiger partial charge < -0.3 is 10.6 Å². The Balaban J connectivity index is 2.29. The van der Waals surface area contributed by atoms with Crippen molar-refractivity contribution in [3.05, 3.63) is 16.6 Å². The summed E-state index contributed by atoms with van der Waals surface area (Å²) in [4.78, 5) is 15.7. The van der Waals surface area contributed by atoms with Crippen LogP contribution >= 0.6 is 11.3 Å². The van der Waals surface area contributed by atoms with Crippen molar-refractivity contribution >= 4 is 17.2 Å². The molecule has 15 heavy (non-hydrogen) atoms. The average Bonchev–Trinajstić information content (AvgIpc) is 2.65. The molecule has 0 aliphatic heterocycles. The number of carbonyl (C=O) groups is 1. The molecule has 0 fully saturated rings.